The number of benzene rings is 1. The van der Waals surface area contributed by atoms with Gasteiger partial charge in [0.1, 0.15) is 0 Å². The molecule has 1 aliphatic heterocycles. The van der Waals surface area contributed by atoms with Crippen LogP contribution in [0.25, 0.3) is 0 Å². The molecule has 1 aromatic rings. The highest BCUT2D eigenvalue weighted by Gasteiger charge is 2.20. The summed E-state index contributed by atoms with van der Waals surface area (Å²) >= 11 is 1.81. The van der Waals surface area contributed by atoms with E-state index >= 15 is 0 Å². The summed E-state index contributed by atoms with van der Waals surface area (Å²) in [5.74, 6) is 0. The van der Waals surface area contributed by atoms with Crippen LogP contribution in [0.4, 0.5) is 0 Å². The van der Waals surface area contributed by atoms with E-state index in [-0.39, 0.29) is 0 Å². The Morgan fingerprint density at radius 1 is 1.30 bits per heavy atom. The van der Waals surface area contributed by atoms with Crippen molar-refractivity contribution < 1.29 is 0 Å². The fraction of sp³-hybridized carbons (Fsp3) is 0.647. The molecule has 0 amide bonds. The van der Waals surface area contributed by atoms with Crippen LogP contribution < -0.4 is 5.32 Å². The number of nitrogens with zero attached hydrogens (tertiary/aromatic N) is 1. The molecule has 0 aromatic heterocycles. The van der Waals surface area contributed by atoms with Crippen LogP contribution in [-0.2, 0) is 0 Å². The van der Waals surface area contributed by atoms with Gasteiger partial charge in [-0.3, -0.25) is 4.90 Å². The summed E-state index contributed by atoms with van der Waals surface area (Å²) in [5.41, 5.74) is 1.43. The van der Waals surface area contributed by atoms with Gasteiger partial charge in [0.15, 0.2) is 0 Å². The van der Waals surface area contributed by atoms with Crippen LogP contribution in [0, 0.1) is 0 Å². The maximum Gasteiger partial charge on any atom is 0.0320 e. The molecular weight excluding hydrogens is 264 g/mol. The quantitative estimate of drug-likeness (QED) is 0.800. The minimum atomic E-state index is 0.500. The van der Waals surface area contributed by atoms with E-state index in [1.165, 1.54) is 42.8 Å². The smallest absolute Gasteiger partial charge is 0.0320 e. The van der Waals surface area contributed by atoms with Crippen LogP contribution >= 0.6 is 11.8 Å². The van der Waals surface area contributed by atoms with Crippen molar-refractivity contribution in [3.05, 3.63) is 29.8 Å². The largest absolute Gasteiger partial charge is 0.313 e. The first-order chi connectivity index (χ1) is 9.74. The highest BCUT2D eigenvalue weighted by molar-refractivity contribution is 7.98. The molecule has 0 radical (unpaired) electrons. The highest BCUT2D eigenvalue weighted by Crippen LogP contribution is 2.24. The van der Waals surface area contributed by atoms with Gasteiger partial charge in [0.25, 0.3) is 0 Å². The maximum absolute atomic E-state index is 3.66. The number of hydrogen-bond donors (Lipinski definition) is 1. The fourth-order valence-electron chi connectivity index (χ4n) is 3.02. The van der Waals surface area contributed by atoms with Crippen molar-refractivity contribution in [2.24, 2.45) is 0 Å². The molecule has 2 nitrogen and oxygen atoms in total. The van der Waals surface area contributed by atoms with Crippen molar-refractivity contribution in [1.29, 1.82) is 0 Å². The van der Waals surface area contributed by atoms with Crippen molar-refractivity contribution in [2.75, 3.05) is 25.9 Å². The van der Waals surface area contributed by atoms with Crippen LogP contribution in [0.3, 0.4) is 0 Å². The number of thioether (sulfide) groups is 1. The van der Waals surface area contributed by atoms with Gasteiger partial charge in [0, 0.05) is 23.5 Å². The number of likely N-dealkylation sites (N-methyl/N-ethyl adjacent to an activating group) is 1. The third kappa shape index (κ3) is 4.24. The van der Waals surface area contributed by atoms with Crippen LogP contribution in [0.5, 0.6) is 0 Å². The normalized spacial score (nSPS) is 21.1. The first kappa shape index (κ1) is 15.9. The Morgan fingerprint density at radius 2 is 2.05 bits per heavy atom. The van der Waals surface area contributed by atoms with Crippen LogP contribution in [0.1, 0.15) is 44.7 Å². The lowest BCUT2D eigenvalue weighted by Crippen LogP contribution is -2.44. The Hall–Kier alpha value is -0.510. The van der Waals surface area contributed by atoms with E-state index in [9.17, 15) is 0 Å². The summed E-state index contributed by atoms with van der Waals surface area (Å²) < 4.78 is 0. The van der Waals surface area contributed by atoms with Crippen molar-refractivity contribution in [1.82, 2.24) is 10.2 Å². The molecule has 0 spiro atoms. The molecule has 0 aliphatic carbocycles. The molecule has 1 aliphatic rings. The Balaban J connectivity index is 1.97. The summed E-state index contributed by atoms with van der Waals surface area (Å²) in [5, 5.41) is 3.66. The second kappa shape index (κ2) is 8.06. The van der Waals surface area contributed by atoms with Crippen molar-refractivity contribution in [3.8, 4) is 0 Å². The summed E-state index contributed by atoms with van der Waals surface area (Å²) in [6.45, 7) is 8.08. The van der Waals surface area contributed by atoms with Crippen molar-refractivity contribution in [2.45, 2.75) is 50.1 Å². The summed E-state index contributed by atoms with van der Waals surface area (Å²) in [6.07, 6.45) is 6.18. The van der Waals surface area contributed by atoms with Gasteiger partial charge in [-0.25, -0.2) is 0 Å². The molecule has 1 fully saturated rings. The third-order valence-corrected chi connectivity index (χ3v) is 5.16. The molecule has 1 heterocycles. The van der Waals surface area contributed by atoms with Gasteiger partial charge in [0.05, 0.1) is 0 Å². The standard InChI is InChI=1S/C17H28N2S/c1-4-19(13-16-7-5-6-12-18-16)14(2)15-8-10-17(20-3)11-9-15/h8-11,14,16,18H,4-7,12-13H2,1-3H3. The molecule has 3 heteroatoms. The van der Waals surface area contributed by atoms with E-state index < -0.39 is 0 Å². The van der Waals surface area contributed by atoms with Gasteiger partial charge in [-0.1, -0.05) is 25.5 Å². The third-order valence-electron chi connectivity index (χ3n) is 4.42. The van der Waals surface area contributed by atoms with E-state index in [2.05, 4.69) is 54.6 Å². The molecule has 20 heavy (non-hydrogen) atoms. The Labute approximate surface area is 128 Å². The lowest BCUT2D eigenvalue weighted by molar-refractivity contribution is 0.184. The zero-order valence-electron chi connectivity index (χ0n) is 13.1. The number of nitrogens with one attached hydrogen (secondary N) is 1. The topological polar surface area (TPSA) is 15.3 Å². The summed E-state index contributed by atoms with van der Waals surface area (Å²) in [6, 6.07) is 10.2. The van der Waals surface area contributed by atoms with Crippen LogP contribution in [-0.4, -0.2) is 36.8 Å². The minimum Gasteiger partial charge on any atom is -0.313 e. The van der Waals surface area contributed by atoms with Crippen molar-refractivity contribution in [3.63, 3.8) is 0 Å². The average molecular weight is 292 g/mol. The molecule has 0 bridgehead atoms. The van der Waals surface area contributed by atoms with Gasteiger partial charge < -0.3 is 5.32 Å². The predicted molar refractivity (Wildman–Crippen MR) is 89.5 cm³/mol. The summed E-state index contributed by atoms with van der Waals surface area (Å²) in [4.78, 5) is 3.94. The number of hydrogen-bond acceptors (Lipinski definition) is 3. The van der Waals surface area contributed by atoms with E-state index in [0.717, 1.165) is 6.54 Å². The Kier molecular flexibility index (Phi) is 6.40. The van der Waals surface area contributed by atoms with E-state index in [4.69, 9.17) is 0 Å². The molecule has 112 valence electrons. The van der Waals surface area contributed by atoms with Gasteiger partial charge >= 0.3 is 0 Å². The summed E-state index contributed by atoms with van der Waals surface area (Å²) in [7, 11) is 0. The molecule has 1 N–H and O–H groups in total. The Morgan fingerprint density at radius 3 is 2.60 bits per heavy atom. The van der Waals surface area contributed by atoms with Crippen LogP contribution in [0.2, 0.25) is 0 Å². The zero-order valence-corrected chi connectivity index (χ0v) is 13.9. The second-order valence-corrected chi connectivity index (χ2v) is 6.56. The fourth-order valence-corrected chi connectivity index (χ4v) is 3.43. The molecular formula is C17H28N2S. The molecule has 1 saturated heterocycles. The molecule has 1 aromatic carbocycles. The van der Waals surface area contributed by atoms with Gasteiger partial charge in [-0.05, 0) is 56.8 Å². The second-order valence-electron chi connectivity index (χ2n) is 5.68. The van der Waals surface area contributed by atoms with Gasteiger partial charge in [0.2, 0.25) is 0 Å². The molecule has 2 atom stereocenters. The molecule has 2 rings (SSSR count). The van der Waals surface area contributed by atoms with Crippen molar-refractivity contribution >= 4 is 11.8 Å². The number of piperidine rings is 1. The van der Waals surface area contributed by atoms with Gasteiger partial charge in [-0.2, -0.15) is 0 Å². The maximum atomic E-state index is 3.66. The highest BCUT2D eigenvalue weighted by atomic mass is 32.2. The zero-order chi connectivity index (χ0) is 14.4. The van der Waals surface area contributed by atoms with Crippen LogP contribution in [0.15, 0.2) is 29.2 Å². The van der Waals surface area contributed by atoms with E-state index in [1.54, 1.807) is 0 Å². The first-order valence-electron chi connectivity index (χ1n) is 7.86. The lowest BCUT2D eigenvalue weighted by atomic mass is 10.0. The van der Waals surface area contributed by atoms with Gasteiger partial charge in [-0.15, -0.1) is 11.8 Å². The molecule has 0 saturated carbocycles. The minimum absolute atomic E-state index is 0.500. The monoisotopic (exact) mass is 292 g/mol. The predicted octanol–water partition coefficient (Wildman–Crippen LogP) is 3.93. The van der Waals surface area contributed by atoms with E-state index in [0.29, 0.717) is 12.1 Å². The van der Waals surface area contributed by atoms with E-state index in [1.807, 2.05) is 11.8 Å². The first-order valence-corrected chi connectivity index (χ1v) is 9.08. The SMILES string of the molecule is CCN(CC1CCCCN1)C(C)c1ccc(SC)cc1. The number of rotatable bonds is 6. The lowest BCUT2D eigenvalue weighted by Gasteiger charge is -2.34. The average Bonchev–Trinajstić information content (AvgIpc) is 2.53. The molecule has 2 unspecified atom stereocenters. The Bertz CT molecular complexity index is 384.